The van der Waals surface area contributed by atoms with E-state index in [1.54, 1.807) is 6.92 Å². The fourth-order valence-corrected chi connectivity index (χ4v) is 1.28. The smallest absolute Gasteiger partial charge is 0.219 e. The van der Waals surface area contributed by atoms with Crippen LogP contribution in [0.4, 0.5) is 0 Å². The van der Waals surface area contributed by atoms with Crippen LogP contribution in [0.3, 0.4) is 0 Å². The zero-order valence-electron chi connectivity index (χ0n) is 7.60. The van der Waals surface area contributed by atoms with Crippen molar-refractivity contribution in [2.75, 3.05) is 39.3 Å². The molecule has 0 atom stereocenters. The summed E-state index contributed by atoms with van der Waals surface area (Å²) in [5.41, 5.74) is 0. The molecule has 4 heteroatoms. The minimum atomic E-state index is 0.167. The minimum Gasteiger partial charge on any atom is -0.340 e. The first-order chi connectivity index (χ1) is 5.80. The van der Waals surface area contributed by atoms with Crippen molar-refractivity contribution in [1.82, 2.24) is 15.5 Å². The topological polar surface area (TPSA) is 44.4 Å². The summed E-state index contributed by atoms with van der Waals surface area (Å²) < 4.78 is 0. The Morgan fingerprint density at radius 1 is 1.08 bits per heavy atom. The first kappa shape index (κ1) is 9.48. The van der Waals surface area contributed by atoms with Crippen LogP contribution in [0.15, 0.2) is 0 Å². The second-order valence-electron chi connectivity index (χ2n) is 3.01. The second kappa shape index (κ2) is 5.11. The van der Waals surface area contributed by atoms with Crippen molar-refractivity contribution in [3.05, 3.63) is 0 Å². The molecule has 1 aliphatic rings. The molecule has 0 spiro atoms. The molecule has 1 heterocycles. The van der Waals surface area contributed by atoms with E-state index in [9.17, 15) is 4.79 Å². The summed E-state index contributed by atoms with van der Waals surface area (Å²) in [6.07, 6.45) is 0. The molecule has 70 valence electrons. The maximum atomic E-state index is 11.0. The van der Waals surface area contributed by atoms with Gasteiger partial charge < -0.3 is 15.5 Å². The van der Waals surface area contributed by atoms with Gasteiger partial charge in [0.15, 0.2) is 0 Å². The van der Waals surface area contributed by atoms with Crippen molar-refractivity contribution in [3.8, 4) is 0 Å². The van der Waals surface area contributed by atoms with E-state index in [1.807, 2.05) is 4.90 Å². The Morgan fingerprint density at radius 2 is 1.58 bits per heavy atom. The fourth-order valence-electron chi connectivity index (χ4n) is 1.28. The van der Waals surface area contributed by atoms with Gasteiger partial charge in [0.2, 0.25) is 5.91 Å². The molecule has 1 rings (SSSR count). The highest BCUT2D eigenvalue weighted by Crippen LogP contribution is 1.88. The molecule has 0 saturated carbocycles. The number of hydrogen-bond donors (Lipinski definition) is 2. The van der Waals surface area contributed by atoms with E-state index >= 15 is 0 Å². The third-order valence-electron chi connectivity index (χ3n) is 2.04. The number of rotatable bonds is 0. The van der Waals surface area contributed by atoms with Crippen LogP contribution in [0.2, 0.25) is 0 Å². The van der Waals surface area contributed by atoms with Crippen LogP contribution in [0.25, 0.3) is 0 Å². The van der Waals surface area contributed by atoms with Crippen molar-refractivity contribution in [1.29, 1.82) is 0 Å². The summed E-state index contributed by atoms with van der Waals surface area (Å²) in [5, 5.41) is 6.51. The number of hydrogen-bond acceptors (Lipinski definition) is 3. The average molecular weight is 171 g/mol. The van der Waals surface area contributed by atoms with Crippen LogP contribution in [-0.2, 0) is 4.79 Å². The molecule has 4 nitrogen and oxygen atoms in total. The third-order valence-corrected chi connectivity index (χ3v) is 2.04. The number of nitrogens with zero attached hydrogens (tertiary/aromatic N) is 1. The molecule has 1 fully saturated rings. The number of carbonyl (C=O) groups is 1. The Kier molecular flexibility index (Phi) is 4.04. The van der Waals surface area contributed by atoms with Crippen molar-refractivity contribution >= 4 is 5.91 Å². The standard InChI is InChI=1S/C8H17N3O/c1-8(12)11-6-4-9-2-3-10-5-7-11/h9-10H,2-7H2,1H3. The maximum absolute atomic E-state index is 11.0. The first-order valence-electron chi connectivity index (χ1n) is 4.47. The van der Waals surface area contributed by atoms with Crippen LogP contribution in [0.1, 0.15) is 6.92 Å². The van der Waals surface area contributed by atoms with Gasteiger partial charge in [-0.25, -0.2) is 0 Å². The normalized spacial score (nSPS) is 20.9. The summed E-state index contributed by atoms with van der Waals surface area (Å²) in [4.78, 5) is 12.9. The van der Waals surface area contributed by atoms with Crippen LogP contribution < -0.4 is 10.6 Å². The van der Waals surface area contributed by atoms with Gasteiger partial charge in [0.05, 0.1) is 0 Å². The highest BCUT2D eigenvalue weighted by atomic mass is 16.2. The summed E-state index contributed by atoms with van der Waals surface area (Å²) in [6, 6.07) is 0. The van der Waals surface area contributed by atoms with Crippen LogP contribution >= 0.6 is 0 Å². The Labute approximate surface area is 73.3 Å². The van der Waals surface area contributed by atoms with Gasteiger partial charge in [-0.05, 0) is 0 Å². The zero-order chi connectivity index (χ0) is 8.81. The van der Waals surface area contributed by atoms with Crippen molar-refractivity contribution in [2.24, 2.45) is 0 Å². The quantitative estimate of drug-likeness (QED) is 0.493. The average Bonchev–Trinajstić information content (AvgIpc) is 2.15. The van der Waals surface area contributed by atoms with Gasteiger partial charge in [0.25, 0.3) is 0 Å². The Balaban J connectivity index is 2.33. The molecule has 1 saturated heterocycles. The van der Waals surface area contributed by atoms with E-state index < -0.39 is 0 Å². The lowest BCUT2D eigenvalue weighted by atomic mass is 10.4. The Bertz CT molecular complexity index is 139. The zero-order valence-corrected chi connectivity index (χ0v) is 7.60. The molecule has 0 aromatic heterocycles. The maximum Gasteiger partial charge on any atom is 0.219 e. The van der Waals surface area contributed by atoms with Gasteiger partial charge >= 0.3 is 0 Å². The monoisotopic (exact) mass is 171 g/mol. The molecule has 2 N–H and O–H groups in total. The Morgan fingerprint density at radius 3 is 2.00 bits per heavy atom. The van der Waals surface area contributed by atoms with Crippen LogP contribution in [0, 0.1) is 0 Å². The van der Waals surface area contributed by atoms with Gasteiger partial charge in [-0.1, -0.05) is 0 Å². The number of carbonyl (C=O) groups excluding carboxylic acids is 1. The van der Waals surface area contributed by atoms with Crippen molar-refractivity contribution in [3.63, 3.8) is 0 Å². The van der Waals surface area contributed by atoms with Crippen molar-refractivity contribution < 1.29 is 4.79 Å². The summed E-state index contributed by atoms with van der Waals surface area (Å²) >= 11 is 0. The lowest BCUT2D eigenvalue weighted by molar-refractivity contribution is -0.128. The number of nitrogens with one attached hydrogen (secondary N) is 2. The molecule has 0 bridgehead atoms. The van der Waals surface area contributed by atoms with Crippen molar-refractivity contribution in [2.45, 2.75) is 6.92 Å². The number of amides is 1. The SMILES string of the molecule is CC(=O)N1CCNCCNCC1. The van der Waals surface area contributed by atoms with E-state index in [0.717, 1.165) is 39.3 Å². The van der Waals surface area contributed by atoms with E-state index in [-0.39, 0.29) is 5.91 Å². The predicted molar refractivity (Wildman–Crippen MR) is 48.0 cm³/mol. The van der Waals surface area contributed by atoms with Crippen LogP contribution in [0.5, 0.6) is 0 Å². The second-order valence-corrected chi connectivity index (χ2v) is 3.01. The van der Waals surface area contributed by atoms with Gasteiger partial charge in [-0.2, -0.15) is 0 Å². The molecule has 0 aromatic carbocycles. The highest BCUT2D eigenvalue weighted by molar-refractivity contribution is 5.73. The van der Waals surface area contributed by atoms with Gasteiger partial charge in [0.1, 0.15) is 0 Å². The van der Waals surface area contributed by atoms with E-state index in [1.165, 1.54) is 0 Å². The fraction of sp³-hybridized carbons (Fsp3) is 0.875. The molecule has 1 aliphatic heterocycles. The molecular formula is C8H17N3O. The van der Waals surface area contributed by atoms with E-state index in [0.29, 0.717) is 0 Å². The van der Waals surface area contributed by atoms with Gasteiger partial charge in [-0.15, -0.1) is 0 Å². The summed E-state index contributed by atoms with van der Waals surface area (Å²) in [6.45, 7) is 7.08. The minimum absolute atomic E-state index is 0.167. The largest absolute Gasteiger partial charge is 0.340 e. The molecule has 0 unspecified atom stereocenters. The molecule has 1 amide bonds. The molecule has 0 aromatic rings. The summed E-state index contributed by atoms with van der Waals surface area (Å²) in [7, 11) is 0. The van der Waals surface area contributed by atoms with Gasteiger partial charge in [-0.3, -0.25) is 4.79 Å². The third kappa shape index (κ3) is 3.19. The lowest BCUT2D eigenvalue weighted by Gasteiger charge is -2.19. The van der Waals surface area contributed by atoms with E-state index in [2.05, 4.69) is 10.6 Å². The van der Waals surface area contributed by atoms with Crippen LogP contribution in [-0.4, -0.2) is 50.1 Å². The molecule has 0 radical (unpaired) electrons. The molecule has 0 aliphatic carbocycles. The predicted octanol–water partition coefficient (Wildman–Crippen LogP) is -0.972. The summed E-state index contributed by atoms with van der Waals surface area (Å²) in [5.74, 6) is 0.167. The highest BCUT2D eigenvalue weighted by Gasteiger charge is 2.08. The molecular weight excluding hydrogens is 154 g/mol. The lowest BCUT2D eigenvalue weighted by Crippen LogP contribution is -2.37. The van der Waals surface area contributed by atoms with E-state index in [4.69, 9.17) is 0 Å². The molecule has 12 heavy (non-hydrogen) atoms. The Hall–Kier alpha value is -0.610. The first-order valence-corrected chi connectivity index (χ1v) is 4.47. The van der Waals surface area contributed by atoms with Gasteiger partial charge in [0, 0.05) is 46.2 Å².